The molecule has 0 saturated carbocycles. The van der Waals surface area contributed by atoms with Gasteiger partial charge in [0, 0.05) is 5.56 Å². The van der Waals surface area contributed by atoms with Crippen LogP contribution in [0.3, 0.4) is 0 Å². The zero-order valence-corrected chi connectivity index (χ0v) is 15.3. The lowest BCUT2D eigenvalue weighted by Crippen LogP contribution is -2.30. The summed E-state index contributed by atoms with van der Waals surface area (Å²) in [5.41, 5.74) is -3.81. The van der Waals surface area contributed by atoms with Crippen LogP contribution in [0.1, 0.15) is 19.4 Å². The number of carbonyl (C=O) groups excluding carboxylic acids is 1. The number of rotatable bonds is 5. The lowest BCUT2D eigenvalue weighted by Gasteiger charge is -2.19. The summed E-state index contributed by atoms with van der Waals surface area (Å²) in [4.78, 5) is 22.6. The number of nitro groups is 1. The first kappa shape index (κ1) is 19.6. The minimum Gasteiger partial charge on any atom is -0.465 e. The van der Waals surface area contributed by atoms with Crippen LogP contribution in [-0.2, 0) is 15.3 Å². The largest absolute Gasteiger partial charge is 0.465 e. The monoisotopic (exact) mass is 407 g/mol. The first-order valence-corrected chi connectivity index (χ1v) is 8.13. The fourth-order valence-electron chi connectivity index (χ4n) is 2.27. The second-order valence-corrected chi connectivity index (χ2v) is 6.22. The van der Waals surface area contributed by atoms with Gasteiger partial charge in [-0.3, -0.25) is 14.9 Å². The molecule has 0 bridgehead atoms. The third-order valence-corrected chi connectivity index (χ3v) is 4.81. The molecule has 8 nitrogen and oxygen atoms in total. The van der Waals surface area contributed by atoms with E-state index in [1.807, 2.05) is 0 Å². The van der Waals surface area contributed by atoms with E-state index in [0.29, 0.717) is 0 Å². The van der Waals surface area contributed by atoms with Crippen molar-refractivity contribution < 1.29 is 19.6 Å². The number of hydrogen-bond acceptors (Lipinski definition) is 7. The van der Waals surface area contributed by atoms with Crippen LogP contribution in [0.2, 0.25) is 15.1 Å². The van der Waals surface area contributed by atoms with Crippen molar-refractivity contribution in [3.8, 4) is 0 Å². The minimum atomic E-state index is -2.51. The molecule has 0 spiro atoms. The summed E-state index contributed by atoms with van der Waals surface area (Å²) >= 11 is 17.8. The molecule has 0 amide bonds. The van der Waals surface area contributed by atoms with Gasteiger partial charge in [0.2, 0.25) is 0 Å². The molecule has 11 heteroatoms. The summed E-state index contributed by atoms with van der Waals surface area (Å²) in [5, 5.41) is 29.4. The Balaban J connectivity index is 2.63. The van der Waals surface area contributed by atoms with Crippen LogP contribution in [-0.4, -0.2) is 22.6 Å². The van der Waals surface area contributed by atoms with Crippen molar-refractivity contribution in [2.45, 2.75) is 19.6 Å². The molecule has 2 unspecified atom stereocenters. The average Bonchev–Trinajstić information content (AvgIpc) is 2.90. The number of benzene rings is 1. The molecule has 1 aromatic carbocycles. The maximum atomic E-state index is 11.9. The smallest absolute Gasteiger partial charge is 0.330 e. The van der Waals surface area contributed by atoms with E-state index in [2.05, 4.69) is 10.2 Å². The van der Waals surface area contributed by atoms with Gasteiger partial charge >= 0.3 is 11.7 Å². The highest BCUT2D eigenvalue weighted by Crippen LogP contribution is 2.46. The van der Waals surface area contributed by atoms with E-state index < -0.39 is 28.2 Å². The molecule has 134 valence electrons. The Kier molecular flexibility index (Phi) is 5.68. The summed E-state index contributed by atoms with van der Waals surface area (Å²) in [6.07, 6.45) is 0. The highest BCUT2D eigenvalue weighted by Gasteiger charge is 2.53. The van der Waals surface area contributed by atoms with Gasteiger partial charge in [-0.1, -0.05) is 40.9 Å². The number of esters is 1. The lowest BCUT2D eigenvalue weighted by molar-refractivity contribution is -0.446. The molecule has 2 atom stereocenters. The van der Waals surface area contributed by atoms with Gasteiger partial charge in [0.1, 0.15) is 5.92 Å². The molecule has 1 aromatic rings. The van der Waals surface area contributed by atoms with Crippen molar-refractivity contribution in [1.29, 1.82) is 0 Å². The Morgan fingerprint density at radius 1 is 1.40 bits per heavy atom. The predicted molar refractivity (Wildman–Crippen MR) is 90.0 cm³/mol. The molecule has 0 aromatic heterocycles. The Labute approximate surface area is 157 Å². The van der Waals surface area contributed by atoms with Crippen molar-refractivity contribution in [2.24, 2.45) is 16.1 Å². The van der Waals surface area contributed by atoms with Crippen molar-refractivity contribution in [3.05, 3.63) is 54.3 Å². The molecule has 0 fully saturated rings. The summed E-state index contributed by atoms with van der Waals surface area (Å²) in [6.45, 7) is 3.04. The Morgan fingerprint density at radius 2 is 2.04 bits per heavy atom. The molecule has 0 saturated heterocycles. The number of ether oxygens (including phenoxy) is 1. The number of nitrogens with zero attached hydrogens (tertiary/aromatic N) is 3. The summed E-state index contributed by atoms with van der Waals surface area (Å²) in [7, 11) is 0. The van der Waals surface area contributed by atoms with Gasteiger partial charge < -0.3 is 9.84 Å². The first-order valence-electron chi connectivity index (χ1n) is 7.00. The van der Waals surface area contributed by atoms with Crippen molar-refractivity contribution in [1.82, 2.24) is 0 Å². The average molecular weight is 409 g/mol. The molecule has 2 rings (SSSR count). The molecule has 25 heavy (non-hydrogen) atoms. The van der Waals surface area contributed by atoms with Gasteiger partial charge in [-0.2, -0.15) is 0 Å². The third-order valence-electron chi connectivity index (χ3n) is 3.52. The van der Waals surface area contributed by atoms with E-state index in [4.69, 9.17) is 39.5 Å². The van der Waals surface area contributed by atoms with Gasteiger partial charge in [0.05, 0.1) is 26.6 Å². The number of carbonyl (C=O) groups is 1. The fourth-order valence-corrected chi connectivity index (χ4v) is 2.93. The van der Waals surface area contributed by atoms with Crippen LogP contribution < -0.4 is 0 Å². The highest BCUT2D eigenvalue weighted by atomic mass is 35.5. The second-order valence-electron chi connectivity index (χ2n) is 5.06. The Bertz CT molecular complexity index is 811. The van der Waals surface area contributed by atoms with E-state index >= 15 is 0 Å². The SMILES string of the molecule is CCOC(=O)C(C)C1=C([N+](=O)[O-])C(O)(c2ccc(Cl)c(Cl)c2Cl)N=N1. The maximum absolute atomic E-state index is 11.9. The second kappa shape index (κ2) is 7.25. The summed E-state index contributed by atoms with van der Waals surface area (Å²) < 4.78 is 4.83. The number of azo groups is 1. The van der Waals surface area contributed by atoms with Crippen molar-refractivity contribution in [2.75, 3.05) is 6.61 Å². The summed E-state index contributed by atoms with van der Waals surface area (Å²) in [5.74, 6) is -1.85. The van der Waals surface area contributed by atoms with Crippen LogP contribution in [0.5, 0.6) is 0 Å². The van der Waals surface area contributed by atoms with Gasteiger partial charge in [-0.25, -0.2) is 0 Å². The van der Waals surface area contributed by atoms with Crippen LogP contribution in [0.25, 0.3) is 0 Å². The zero-order chi connectivity index (χ0) is 18.9. The maximum Gasteiger partial charge on any atom is 0.330 e. The molecule has 0 aliphatic carbocycles. The van der Waals surface area contributed by atoms with Crippen molar-refractivity contribution >= 4 is 40.8 Å². The molecule has 1 aliphatic heterocycles. The normalized spacial score (nSPS) is 20.7. The highest BCUT2D eigenvalue weighted by molar-refractivity contribution is 6.48. The first-order chi connectivity index (χ1) is 11.6. The molecule has 1 heterocycles. The van der Waals surface area contributed by atoms with E-state index in [1.165, 1.54) is 19.1 Å². The lowest BCUT2D eigenvalue weighted by atomic mass is 9.96. The zero-order valence-electron chi connectivity index (χ0n) is 13.0. The molecular formula is C14H12Cl3N3O5. The molecular weight excluding hydrogens is 397 g/mol. The van der Waals surface area contributed by atoms with Crippen LogP contribution in [0.15, 0.2) is 33.8 Å². The number of halogens is 3. The van der Waals surface area contributed by atoms with Crippen LogP contribution in [0.4, 0.5) is 0 Å². The van der Waals surface area contributed by atoms with Crippen molar-refractivity contribution in [3.63, 3.8) is 0 Å². The standard InChI is InChI=1S/C14H12Cl3N3O5/c1-3-25-13(21)6(2)11-12(20(23)24)14(22,19-18-11)7-4-5-8(15)10(17)9(7)16/h4-6,22H,3H2,1-2H3. The van der Waals surface area contributed by atoms with E-state index in [9.17, 15) is 20.0 Å². The quantitative estimate of drug-likeness (QED) is 0.343. The number of hydrogen-bond donors (Lipinski definition) is 1. The van der Waals surface area contributed by atoms with Crippen LogP contribution >= 0.6 is 34.8 Å². The van der Waals surface area contributed by atoms with E-state index in [0.717, 1.165) is 0 Å². The third kappa shape index (κ3) is 3.35. The van der Waals surface area contributed by atoms with Gasteiger partial charge in [-0.05, 0) is 19.9 Å². The minimum absolute atomic E-state index is 0.0876. The summed E-state index contributed by atoms with van der Waals surface area (Å²) in [6, 6.07) is 2.56. The Hall–Kier alpha value is -1.74. The fraction of sp³-hybridized carbons (Fsp3) is 0.357. The molecule has 1 aliphatic rings. The van der Waals surface area contributed by atoms with Gasteiger partial charge in [0.15, 0.2) is 5.70 Å². The van der Waals surface area contributed by atoms with Crippen LogP contribution in [0, 0.1) is 16.0 Å². The predicted octanol–water partition coefficient (Wildman–Crippen LogP) is 3.95. The Morgan fingerprint density at radius 3 is 2.60 bits per heavy atom. The molecule has 1 N–H and O–H groups in total. The van der Waals surface area contributed by atoms with Gasteiger partial charge in [-0.15, -0.1) is 10.2 Å². The van der Waals surface area contributed by atoms with E-state index in [-0.39, 0.29) is 32.9 Å². The topological polar surface area (TPSA) is 114 Å². The van der Waals surface area contributed by atoms with Gasteiger partial charge in [0.25, 0.3) is 5.72 Å². The number of aliphatic hydroxyl groups is 1. The van der Waals surface area contributed by atoms with E-state index in [1.54, 1.807) is 6.92 Å². The molecule has 0 radical (unpaired) electrons.